The van der Waals surface area contributed by atoms with Crippen molar-refractivity contribution in [2.24, 2.45) is 5.92 Å². The second-order valence-electron chi connectivity index (χ2n) is 4.52. The molecule has 0 aliphatic rings. The molecule has 5 heteroatoms. The fourth-order valence-electron chi connectivity index (χ4n) is 1.44. The molecule has 0 atom stereocenters. The van der Waals surface area contributed by atoms with Gasteiger partial charge in [-0.25, -0.2) is 9.78 Å². The Morgan fingerprint density at radius 3 is 2.79 bits per heavy atom. The molecular formula is C14H16N2O2S. The van der Waals surface area contributed by atoms with E-state index >= 15 is 0 Å². The summed E-state index contributed by atoms with van der Waals surface area (Å²) in [5.74, 6) is 0.321. The molecule has 1 heterocycles. The first kappa shape index (κ1) is 13.5. The van der Waals surface area contributed by atoms with Crippen molar-refractivity contribution in [2.75, 3.05) is 11.9 Å². The van der Waals surface area contributed by atoms with Crippen molar-refractivity contribution < 1.29 is 9.53 Å². The SMILES string of the molecule is CC(C)COC(=O)Nc1nc(-c2ccccc2)cs1. The van der Waals surface area contributed by atoms with E-state index in [1.807, 2.05) is 49.6 Å². The normalized spacial score (nSPS) is 10.5. The van der Waals surface area contributed by atoms with E-state index in [0.717, 1.165) is 11.3 Å². The summed E-state index contributed by atoms with van der Waals surface area (Å²) in [7, 11) is 0. The molecule has 0 fully saturated rings. The van der Waals surface area contributed by atoms with Crippen LogP contribution in [0.5, 0.6) is 0 Å². The van der Waals surface area contributed by atoms with Crippen molar-refractivity contribution in [2.45, 2.75) is 13.8 Å². The minimum absolute atomic E-state index is 0.321. The van der Waals surface area contributed by atoms with Gasteiger partial charge in [0, 0.05) is 10.9 Å². The molecule has 0 aliphatic heterocycles. The van der Waals surface area contributed by atoms with Gasteiger partial charge in [0.05, 0.1) is 12.3 Å². The van der Waals surface area contributed by atoms with Gasteiger partial charge in [-0.3, -0.25) is 5.32 Å². The molecule has 4 nitrogen and oxygen atoms in total. The van der Waals surface area contributed by atoms with Gasteiger partial charge in [-0.1, -0.05) is 44.2 Å². The van der Waals surface area contributed by atoms with Gasteiger partial charge in [-0.2, -0.15) is 0 Å². The van der Waals surface area contributed by atoms with Crippen LogP contribution in [0.2, 0.25) is 0 Å². The highest BCUT2D eigenvalue weighted by atomic mass is 32.1. The molecule has 2 rings (SSSR count). The average molecular weight is 276 g/mol. The number of benzene rings is 1. The van der Waals surface area contributed by atoms with Crippen molar-refractivity contribution in [3.63, 3.8) is 0 Å². The van der Waals surface area contributed by atoms with E-state index in [2.05, 4.69) is 10.3 Å². The molecule has 0 aliphatic carbocycles. The van der Waals surface area contributed by atoms with Crippen molar-refractivity contribution in [3.05, 3.63) is 35.7 Å². The Kier molecular flexibility index (Phi) is 4.52. The molecule has 0 saturated carbocycles. The largest absolute Gasteiger partial charge is 0.449 e. The number of anilines is 1. The monoisotopic (exact) mass is 276 g/mol. The third kappa shape index (κ3) is 4.06. The van der Waals surface area contributed by atoms with E-state index in [1.54, 1.807) is 0 Å². The molecule has 1 aromatic heterocycles. The lowest BCUT2D eigenvalue weighted by Gasteiger charge is -2.06. The minimum Gasteiger partial charge on any atom is -0.449 e. The van der Waals surface area contributed by atoms with Gasteiger partial charge in [0.15, 0.2) is 5.13 Å². The lowest BCUT2D eigenvalue weighted by molar-refractivity contribution is 0.147. The fraction of sp³-hybridized carbons (Fsp3) is 0.286. The maximum Gasteiger partial charge on any atom is 0.413 e. The quantitative estimate of drug-likeness (QED) is 0.917. The highest BCUT2D eigenvalue weighted by Crippen LogP contribution is 2.24. The smallest absolute Gasteiger partial charge is 0.413 e. The third-order valence-corrected chi connectivity index (χ3v) is 3.09. The molecule has 1 aromatic carbocycles. The Bertz CT molecular complexity index is 537. The summed E-state index contributed by atoms with van der Waals surface area (Å²) in [5, 5.41) is 5.09. The molecule has 0 radical (unpaired) electrons. The lowest BCUT2D eigenvalue weighted by atomic mass is 10.2. The summed E-state index contributed by atoms with van der Waals surface area (Å²) in [6.45, 7) is 4.39. The number of amides is 1. The second kappa shape index (κ2) is 6.33. The number of nitrogens with one attached hydrogen (secondary N) is 1. The molecular weight excluding hydrogens is 260 g/mol. The number of rotatable bonds is 4. The molecule has 0 saturated heterocycles. The molecule has 0 spiro atoms. The van der Waals surface area contributed by atoms with Gasteiger partial charge in [-0.05, 0) is 5.92 Å². The number of thiazole rings is 1. The highest BCUT2D eigenvalue weighted by Gasteiger charge is 2.09. The van der Waals surface area contributed by atoms with E-state index in [4.69, 9.17) is 4.74 Å². The van der Waals surface area contributed by atoms with Gasteiger partial charge in [-0.15, -0.1) is 11.3 Å². The highest BCUT2D eigenvalue weighted by molar-refractivity contribution is 7.14. The van der Waals surface area contributed by atoms with E-state index in [1.165, 1.54) is 11.3 Å². The zero-order valence-corrected chi connectivity index (χ0v) is 11.7. The van der Waals surface area contributed by atoms with Crippen LogP contribution in [-0.4, -0.2) is 17.7 Å². The maximum atomic E-state index is 11.5. The number of ether oxygens (including phenoxy) is 1. The Hall–Kier alpha value is -1.88. The van der Waals surface area contributed by atoms with E-state index in [0.29, 0.717) is 17.7 Å². The van der Waals surface area contributed by atoms with Crippen molar-refractivity contribution in [3.8, 4) is 11.3 Å². The summed E-state index contributed by atoms with van der Waals surface area (Å²) in [6.07, 6.45) is -0.456. The van der Waals surface area contributed by atoms with Gasteiger partial charge in [0.25, 0.3) is 0 Å². The number of carbonyl (C=O) groups excluding carboxylic acids is 1. The van der Waals surface area contributed by atoms with Crippen LogP contribution >= 0.6 is 11.3 Å². The molecule has 19 heavy (non-hydrogen) atoms. The molecule has 1 amide bonds. The van der Waals surface area contributed by atoms with Crippen LogP contribution in [0.4, 0.5) is 9.93 Å². The van der Waals surface area contributed by atoms with Gasteiger partial charge < -0.3 is 4.74 Å². The van der Waals surface area contributed by atoms with E-state index < -0.39 is 6.09 Å². The number of nitrogens with zero attached hydrogens (tertiary/aromatic N) is 1. The number of carbonyl (C=O) groups is 1. The first-order valence-corrected chi connectivity index (χ1v) is 6.98. The van der Waals surface area contributed by atoms with Gasteiger partial charge in [0.1, 0.15) is 0 Å². The lowest BCUT2D eigenvalue weighted by Crippen LogP contribution is -2.16. The van der Waals surface area contributed by atoms with Crippen molar-refractivity contribution in [1.29, 1.82) is 0 Å². The maximum absolute atomic E-state index is 11.5. The Morgan fingerprint density at radius 2 is 2.11 bits per heavy atom. The molecule has 0 unspecified atom stereocenters. The summed E-state index contributed by atoms with van der Waals surface area (Å²) < 4.78 is 5.04. The van der Waals surface area contributed by atoms with Crippen LogP contribution in [0, 0.1) is 5.92 Å². The van der Waals surface area contributed by atoms with Gasteiger partial charge in [0.2, 0.25) is 0 Å². The van der Waals surface area contributed by atoms with Crippen molar-refractivity contribution in [1.82, 2.24) is 4.98 Å². The predicted octanol–water partition coefficient (Wildman–Crippen LogP) is 4.01. The second-order valence-corrected chi connectivity index (χ2v) is 5.38. The van der Waals surface area contributed by atoms with Crippen LogP contribution < -0.4 is 5.32 Å². The standard InChI is InChI=1S/C14H16N2O2S/c1-10(2)8-18-14(17)16-13-15-12(9-19-13)11-6-4-3-5-7-11/h3-7,9-10H,8H2,1-2H3,(H,15,16,17). The summed E-state index contributed by atoms with van der Waals surface area (Å²) in [6, 6.07) is 9.83. The minimum atomic E-state index is -0.456. The van der Waals surface area contributed by atoms with Crippen LogP contribution in [-0.2, 0) is 4.74 Å². The molecule has 100 valence electrons. The van der Waals surface area contributed by atoms with Crippen LogP contribution in [0.3, 0.4) is 0 Å². The molecule has 2 aromatic rings. The van der Waals surface area contributed by atoms with Crippen LogP contribution in [0.15, 0.2) is 35.7 Å². The topological polar surface area (TPSA) is 51.2 Å². The Balaban J connectivity index is 1.96. The first-order valence-electron chi connectivity index (χ1n) is 6.10. The Labute approximate surface area is 116 Å². The number of hydrogen-bond donors (Lipinski definition) is 1. The summed E-state index contributed by atoms with van der Waals surface area (Å²) >= 11 is 1.38. The van der Waals surface area contributed by atoms with Crippen LogP contribution in [0.1, 0.15) is 13.8 Å². The number of aromatic nitrogens is 1. The number of hydrogen-bond acceptors (Lipinski definition) is 4. The molecule has 0 bridgehead atoms. The first-order chi connectivity index (χ1) is 9.15. The van der Waals surface area contributed by atoms with Crippen LogP contribution in [0.25, 0.3) is 11.3 Å². The third-order valence-electron chi connectivity index (χ3n) is 2.33. The Morgan fingerprint density at radius 1 is 1.37 bits per heavy atom. The molecule has 1 N–H and O–H groups in total. The predicted molar refractivity (Wildman–Crippen MR) is 77.4 cm³/mol. The van der Waals surface area contributed by atoms with E-state index in [-0.39, 0.29) is 0 Å². The van der Waals surface area contributed by atoms with Crippen molar-refractivity contribution >= 4 is 22.6 Å². The zero-order chi connectivity index (χ0) is 13.7. The summed E-state index contributed by atoms with van der Waals surface area (Å²) in [4.78, 5) is 15.9. The zero-order valence-electron chi connectivity index (χ0n) is 10.9. The summed E-state index contributed by atoms with van der Waals surface area (Å²) in [5.41, 5.74) is 1.88. The average Bonchev–Trinajstić information content (AvgIpc) is 2.86. The van der Waals surface area contributed by atoms with Gasteiger partial charge >= 0.3 is 6.09 Å². The van der Waals surface area contributed by atoms with E-state index in [9.17, 15) is 4.79 Å². The fourth-order valence-corrected chi connectivity index (χ4v) is 2.14.